The molecule has 1 aromatic rings. The van der Waals surface area contributed by atoms with Gasteiger partial charge < -0.3 is 15.8 Å². The van der Waals surface area contributed by atoms with E-state index in [1.165, 1.54) is 28.8 Å². The summed E-state index contributed by atoms with van der Waals surface area (Å²) in [6, 6.07) is 2.75. The van der Waals surface area contributed by atoms with Crippen molar-refractivity contribution < 1.29 is 22.7 Å². The molecule has 0 radical (unpaired) electrons. The lowest BCUT2D eigenvalue weighted by Crippen LogP contribution is -2.49. The summed E-state index contributed by atoms with van der Waals surface area (Å²) in [5.74, 6) is 0. The van der Waals surface area contributed by atoms with Gasteiger partial charge in [0, 0.05) is 26.2 Å². The zero-order valence-electron chi connectivity index (χ0n) is 22.1. The van der Waals surface area contributed by atoms with E-state index >= 15 is 0 Å². The number of rotatable bonds is 7. The van der Waals surface area contributed by atoms with Crippen molar-refractivity contribution in [3.63, 3.8) is 0 Å². The zero-order chi connectivity index (χ0) is 27.0. The molecule has 9 nitrogen and oxygen atoms in total. The van der Waals surface area contributed by atoms with E-state index in [4.69, 9.17) is 10.5 Å². The third-order valence-electron chi connectivity index (χ3n) is 4.77. The number of sulfonamides is 1. The SMILES string of the molecule is CC(C)(C)OC(=O)N[C@H](CN)C(C)(C)C.CN(C[C@@H](N=C=O)C(C)(C)C)S(=O)(=O)c1cccs1. The van der Waals surface area contributed by atoms with Crippen molar-refractivity contribution in [2.75, 3.05) is 20.1 Å². The first-order valence-corrected chi connectivity index (χ1v) is 13.3. The smallest absolute Gasteiger partial charge is 0.407 e. The van der Waals surface area contributed by atoms with Crippen molar-refractivity contribution >= 4 is 33.5 Å². The molecule has 0 spiro atoms. The van der Waals surface area contributed by atoms with E-state index in [0.717, 1.165) is 0 Å². The summed E-state index contributed by atoms with van der Waals surface area (Å²) in [5, 5.41) is 4.49. The fraction of sp³-hybridized carbons (Fsp3) is 0.739. The minimum Gasteiger partial charge on any atom is -0.444 e. The molecule has 0 fully saturated rings. The van der Waals surface area contributed by atoms with Gasteiger partial charge in [-0.2, -0.15) is 4.31 Å². The second-order valence-corrected chi connectivity index (χ2v) is 14.3. The second-order valence-electron chi connectivity index (χ2n) is 11.1. The van der Waals surface area contributed by atoms with Gasteiger partial charge in [0.15, 0.2) is 0 Å². The Balaban J connectivity index is 0.000000661. The van der Waals surface area contributed by atoms with Crippen LogP contribution in [0.2, 0.25) is 0 Å². The van der Waals surface area contributed by atoms with Gasteiger partial charge in [0.1, 0.15) is 9.81 Å². The predicted octanol–water partition coefficient (Wildman–Crippen LogP) is 4.00. The molecular formula is C23H42N4O5S2. The average Bonchev–Trinajstić information content (AvgIpc) is 3.18. The Morgan fingerprint density at radius 3 is 2.09 bits per heavy atom. The van der Waals surface area contributed by atoms with Gasteiger partial charge in [-0.05, 0) is 43.0 Å². The molecule has 0 aromatic carbocycles. The Hall–Kier alpha value is -1.78. The van der Waals surface area contributed by atoms with Gasteiger partial charge in [-0.1, -0.05) is 47.6 Å². The molecule has 11 heteroatoms. The van der Waals surface area contributed by atoms with E-state index in [1.807, 2.05) is 62.3 Å². The third-order valence-corrected chi connectivity index (χ3v) is 7.97. The molecule has 3 N–H and O–H groups in total. The molecule has 1 amide bonds. The highest BCUT2D eigenvalue weighted by Crippen LogP contribution is 2.26. The number of carbonyl (C=O) groups excluding carboxylic acids is 2. The van der Waals surface area contributed by atoms with Crippen molar-refractivity contribution in [1.29, 1.82) is 0 Å². The maximum atomic E-state index is 12.3. The summed E-state index contributed by atoms with van der Waals surface area (Å²) in [4.78, 5) is 25.7. The summed E-state index contributed by atoms with van der Waals surface area (Å²) in [7, 11) is -2.01. The molecule has 196 valence electrons. The minimum atomic E-state index is -3.51. The van der Waals surface area contributed by atoms with Gasteiger partial charge in [-0.25, -0.2) is 23.0 Å². The van der Waals surface area contributed by atoms with Gasteiger partial charge in [-0.15, -0.1) is 11.3 Å². The quantitative estimate of drug-likeness (QED) is 0.414. The van der Waals surface area contributed by atoms with Gasteiger partial charge >= 0.3 is 6.09 Å². The van der Waals surface area contributed by atoms with E-state index in [2.05, 4.69) is 10.3 Å². The number of alkyl carbamates (subject to hydrolysis) is 1. The van der Waals surface area contributed by atoms with Crippen LogP contribution in [-0.4, -0.2) is 62.7 Å². The summed E-state index contributed by atoms with van der Waals surface area (Å²) >= 11 is 1.17. The number of amides is 1. The van der Waals surface area contributed by atoms with E-state index in [9.17, 15) is 18.0 Å². The summed E-state index contributed by atoms with van der Waals surface area (Å²) in [5.41, 5.74) is 4.76. The minimum absolute atomic E-state index is 0.0638. The number of nitrogens with zero attached hydrogens (tertiary/aromatic N) is 2. The van der Waals surface area contributed by atoms with Crippen LogP contribution in [0, 0.1) is 10.8 Å². The fourth-order valence-corrected chi connectivity index (χ4v) is 4.93. The third kappa shape index (κ3) is 11.6. The van der Waals surface area contributed by atoms with Crippen LogP contribution in [0.15, 0.2) is 26.7 Å². The summed E-state index contributed by atoms with van der Waals surface area (Å²) in [6.45, 7) is 17.9. The highest BCUT2D eigenvalue weighted by Gasteiger charge is 2.31. The number of hydrogen-bond donors (Lipinski definition) is 2. The van der Waals surface area contributed by atoms with Gasteiger partial charge in [0.25, 0.3) is 10.0 Å². The number of carbonyl (C=O) groups is 1. The van der Waals surface area contributed by atoms with Crippen molar-refractivity contribution in [2.45, 2.75) is 84.2 Å². The van der Waals surface area contributed by atoms with E-state index in [-0.39, 0.29) is 27.6 Å². The molecule has 0 saturated heterocycles. The van der Waals surface area contributed by atoms with Crippen LogP contribution in [0.4, 0.5) is 4.79 Å². The van der Waals surface area contributed by atoms with Gasteiger partial charge in [0.05, 0.1) is 6.04 Å². The zero-order valence-corrected chi connectivity index (χ0v) is 23.8. The first kappa shape index (κ1) is 32.2. The molecule has 0 unspecified atom stereocenters. The molecule has 34 heavy (non-hydrogen) atoms. The topological polar surface area (TPSA) is 131 Å². The van der Waals surface area contributed by atoms with E-state index in [1.54, 1.807) is 17.5 Å². The van der Waals surface area contributed by atoms with Crippen LogP contribution in [0.5, 0.6) is 0 Å². The second kappa shape index (κ2) is 12.8. The number of aliphatic imine (C=N–C) groups is 1. The highest BCUT2D eigenvalue weighted by molar-refractivity contribution is 7.91. The van der Waals surface area contributed by atoms with Crippen LogP contribution in [0.25, 0.3) is 0 Å². The predicted molar refractivity (Wildman–Crippen MR) is 137 cm³/mol. The van der Waals surface area contributed by atoms with Crippen LogP contribution in [-0.2, 0) is 19.6 Å². The Bertz CT molecular complexity index is 905. The number of isocyanates is 1. The molecule has 0 aliphatic rings. The van der Waals surface area contributed by atoms with Crippen molar-refractivity contribution in [1.82, 2.24) is 9.62 Å². The van der Waals surface area contributed by atoms with E-state index in [0.29, 0.717) is 6.54 Å². The summed E-state index contributed by atoms with van der Waals surface area (Å²) < 4.78 is 31.2. The number of ether oxygens (including phenoxy) is 1. The molecule has 0 aliphatic carbocycles. The van der Waals surface area contributed by atoms with Gasteiger partial charge in [-0.3, -0.25) is 0 Å². The Kier molecular flexibility index (Phi) is 12.1. The number of thiophene rings is 1. The average molecular weight is 519 g/mol. The lowest BCUT2D eigenvalue weighted by Gasteiger charge is -2.31. The molecular weight excluding hydrogens is 476 g/mol. The van der Waals surface area contributed by atoms with E-state index < -0.39 is 27.8 Å². The standard InChI is InChI=1S/C12H18N2O3S2.C11H24N2O2/c1-12(2,3)10(13-9-15)8-14(4)19(16,17)11-6-5-7-18-11;1-10(2,3)8(7-12)13-9(14)15-11(4,5)6/h5-7,10H,8H2,1-4H3;8H,7,12H2,1-6H3,(H,13,14)/t10-;8-/m11/s1. The Morgan fingerprint density at radius 1 is 1.18 bits per heavy atom. The van der Waals surface area contributed by atoms with Crippen LogP contribution in [0.3, 0.4) is 0 Å². The molecule has 0 aliphatic heterocycles. The lowest BCUT2D eigenvalue weighted by atomic mass is 9.87. The van der Waals surface area contributed by atoms with Crippen molar-refractivity contribution in [3.8, 4) is 0 Å². The van der Waals surface area contributed by atoms with Crippen LogP contribution < -0.4 is 11.1 Å². The molecule has 1 rings (SSSR count). The molecule has 1 aromatic heterocycles. The van der Waals surface area contributed by atoms with Crippen LogP contribution >= 0.6 is 11.3 Å². The summed E-state index contributed by atoms with van der Waals surface area (Å²) in [6.07, 6.45) is 1.11. The maximum absolute atomic E-state index is 12.3. The number of likely N-dealkylation sites (N-methyl/N-ethyl adjacent to an activating group) is 1. The van der Waals surface area contributed by atoms with Gasteiger partial charge in [0.2, 0.25) is 6.08 Å². The van der Waals surface area contributed by atoms with Crippen LogP contribution in [0.1, 0.15) is 62.3 Å². The fourth-order valence-electron chi connectivity index (χ4n) is 2.56. The molecule has 2 atom stereocenters. The Labute approximate surface area is 209 Å². The number of nitrogens with one attached hydrogen (secondary N) is 1. The lowest BCUT2D eigenvalue weighted by molar-refractivity contribution is 0.0468. The monoisotopic (exact) mass is 518 g/mol. The first-order valence-electron chi connectivity index (χ1n) is 11.0. The van der Waals surface area contributed by atoms with Crippen molar-refractivity contribution in [2.24, 2.45) is 21.6 Å². The largest absolute Gasteiger partial charge is 0.444 e. The maximum Gasteiger partial charge on any atom is 0.407 e. The molecule has 1 heterocycles. The Morgan fingerprint density at radius 2 is 1.74 bits per heavy atom. The molecule has 0 saturated carbocycles. The molecule has 0 bridgehead atoms. The normalized spacial score (nSPS) is 14.4. The van der Waals surface area contributed by atoms with Crippen molar-refractivity contribution in [3.05, 3.63) is 17.5 Å². The highest BCUT2D eigenvalue weighted by atomic mass is 32.2. The first-order chi connectivity index (χ1) is 15.3. The number of nitrogens with two attached hydrogens (primary N) is 1. The number of hydrogen-bond acceptors (Lipinski definition) is 8.